The molecule has 0 amide bonds. The highest BCUT2D eigenvalue weighted by Crippen LogP contribution is 2.20. The summed E-state index contributed by atoms with van der Waals surface area (Å²) in [5.74, 6) is 0. The molecule has 0 atom stereocenters. The molecule has 1 aromatic rings. The van der Waals surface area contributed by atoms with Crippen LogP contribution in [-0.2, 0) is 16.8 Å². The molecule has 0 aliphatic carbocycles. The highest BCUT2D eigenvalue weighted by molar-refractivity contribution is 9.10. The second kappa shape index (κ2) is 5.34. The summed E-state index contributed by atoms with van der Waals surface area (Å²) in [4.78, 5) is 0. The van der Waals surface area contributed by atoms with E-state index in [2.05, 4.69) is 15.9 Å². The number of halogens is 1. The highest BCUT2D eigenvalue weighted by atomic mass is 79.9. The summed E-state index contributed by atoms with van der Waals surface area (Å²) >= 11 is 3.31. The van der Waals surface area contributed by atoms with Crippen LogP contribution in [0.25, 0.3) is 0 Å². The first-order chi connectivity index (χ1) is 7.75. The van der Waals surface area contributed by atoms with E-state index in [4.69, 9.17) is 5.73 Å². The van der Waals surface area contributed by atoms with Crippen LogP contribution in [0.15, 0.2) is 22.7 Å². The fourth-order valence-electron chi connectivity index (χ4n) is 1.31. The lowest BCUT2D eigenvalue weighted by atomic mass is 10.2. The van der Waals surface area contributed by atoms with Crippen LogP contribution in [0.4, 0.5) is 5.69 Å². The van der Waals surface area contributed by atoms with Crippen molar-refractivity contribution in [1.82, 2.24) is 8.61 Å². The zero-order valence-electron chi connectivity index (χ0n) is 10.0. The predicted molar refractivity (Wildman–Crippen MR) is 72.6 cm³/mol. The molecule has 0 saturated heterocycles. The van der Waals surface area contributed by atoms with Crippen molar-refractivity contribution in [3.05, 3.63) is 28.2 Å². The van der Waals surface area contributed by atoms with Crippen molar-refractivity contribution in [2.75, 3.05) is 26.9 Å². The van der Waals surface area contributed by atoms with Gasteiger partial charge < -0.3 is 5.73 Å². The van der Waals surface area contributed by atoms with Gasteiger partial charge in [-0.3, -0.25) is 0 Å². The van der Waals surface area contributed by atoms with E-state index in [0.29, 0.717) is 5.69 Å². The smallest absolute Gasteiger partial charge is 0.281 e. The standard InChI is InChI=1S/C10H16BrN3O2S/c1-13(2)17(15,16)14(3)7-8-4-5-9(11)6-10(8)12/h4-6H,7,12H2,1-3H3. The van der Waals surface area contributed by atoms with Gasteiger partial charge in [0.25, 0.3) is 10.2 Å². The molecule has 0 radical (unpaired) electrons. The van der Waals surface area contributed by atoms with E-state index >= 15 is 0 Å². The summed E-state index contributed by atoms with van der Waals surface area (Å²) in [6.45, 7) is 0.250. The lowest BCUT2D eigenvalue weighted by molar-refractivity contribution is 0.414. The lowest BCUT2D eigenvalue weighted by Crippen LogP contribution is -2.37. The lowest BCUT2D eigenvalue weighted by Gasteiger charge is -2.22. The van der Waals surface area contributed by atoms with Crippen LogP contribution in [0.5, 0.6) is 0 Å². The van der Waals surface area contributed by atoms with Gasteiger partial charge in [-0.25, -0.2) is 0 Å². The minimum absolute atomic E-state index is 0.250. The summed E-state index contributed by atoms with van der Waals surface area (Å²) in [7, 11) is 1.12. The first-order valence-electron chi connectivity index (χ1n) is 4.93. The van der Waals surface area contributed by atoms with Crippen molar-refractivity contribution in [2.45, 2.75) is 6.54 Å². The van der Waals surface area contributed by atoms with Gasteiger partial charge in [0.1, 0.15) is 0 Å². The summed E-state index contributed by atoms with van der Waals surface area (Å²) in [6, 6.07) is 5.40. The largest absolute Gasteiger partial charge is 0.398 e. The zero-order valence-corrected chi connectivity index (χ0v) is 12.4. The molecule has 7 heteroatoms. The van der Waals surface area contributed by atoms with Gasteiger partial charge in [0, 0.05) is 37.8 Å². The third-order valence-electron chi connectivity index (χ3n) is 2.36. The fraction of sp³-hybridized carbons (Fsp3) is 0.400. The van der Waals surface area contributed by atoms with Crippen molar-refractivity contribution >= 4 is 31.8 Å². The van der Waals surface area contributed by atoms with Crippen molar-refractivity contribution in [3.63, 3.8) is 0 Å². The van der Waals surface area contributed by atoms with Gasteiger partial charge in [0.15, 0.2) is 0 Å². The Kier molecular flexibility index (Phi) is 4.54. The van der Waals surface area contributed by atoms with E-state index in [1.54, 1.807) is 12.1 Å². The molecule has 1 aromatic carbocycles. The molecule has 5 nitrogen and oxygen atoms in total. The maximum absolute atomic E-state index is 11.8. The van der Waals surface area contributed by atoms with E-state index in [0.717, 1.165) is 10.0 Å². The number of benzene rings is 1. The molecule has 1 rings (SSSR count). The number of anilines is 1. The molecule has 0 heterocycles. The Morgan fingerprint density at radius 1 is 1.29 bits per heavy atom. The number of nitrogens with zero attached hydrogens (tertiary/aromatic N) is 2. The molecule has 0 aromatic heterocycles. The molecule has 96 valence electrons. The average Bonchev–Trinajstić information content (AvgIpc) is 2.21. The Balaban J connectivity index is 2.92. The molecule has 0 unspecified atom stereocenters. The molecule has 2 N–H and O–H groups in total. The van der Waals surface area contributed by atoms with E-state index in [-0.39, 0.29) is 6.54 Å². The van der Waals surface area contributed by atoms with Gasteiger partial charge in [-0.05, 0) is 17.7 Å². The number of rotatable bonds is 4. The molecule has 0 spiro atoms. The molecular formula is C10H16BrN3O2S. The Morgan fingerprint density at radius 3 is 2.35 bits per heavy atom. The number of nitrogen functional groups attached to an aromatic ring is 1. The van der Waals surface area contributed by atoms with Gasteiger partial charge in [-0.2, -0.15) is 17.0 Å². The van der Waals surface area contributed by atoms with Crippen molar-refractivity contribution in [2.24, 2.45) is 0 Å². The Labute approximate surface area is 111 Å². The second-order valence-corrected chi connectivity index (χ2v) is 7.05. The van der Waals surface area contributed by atoms with Gasteiger partial charge in [0.2, 0.25) is 0 Å². The van der Waals surface area contributed by atoms with E-state index in [1.165, 1.54) is 29.8 Å². The van der Waals surface area contributed by atoms with Crippen LogP contribution in [0.1, 0.15) is 5.56 Å². The molecular weight excluding hydrogens is 306 g/mol. The second-order valence-electron chi connectivity index (χ2n) is 3.89. The number of hydrogen-bond acceptors (Lipinski definition) is 3. The van der Waals surface area contributed by atoms with E-state index in [9.17, 15) is 8.42 Å². The van der Waals surface area contributed by atoms with Gasteiger partial charge in [-0.1, -0.05) is 22.0 Å². The SMILES string of the molecule is CN(C)S(=O)(=O)N(C)Cc1ccc(Br)cc1N. The summed E-state index contributed by atoms with van der Waals surface area (Å²) < 4.78 is 26.9. The monoisotopic (exact) mass is 321 g/mol. The van der Waals surface area contributed by atoms with Gasteiger partial charge >= 0.3 is 0 Å². The molecule has 0 bridgehead atoms. The predicted octanol–water partition coefficient (Wildman–Crippen LogP) is 1.27. The third kappa shape index (κ3) is 3.41. The van der Waals surface area contributed by atoms with Crippen molar-refractivity contribution in [3.8, 4) is 0 Å². The number of nitrogens with two attached hydrogens (primary N) is 1. The van der Waals surface area contributed by atoms with Crippen LogP contribution in [-0.4, -0.2) is 38.2 Å². The molecule has 0 aliphatic heterocycles. The molecule has 17 heavy (non-hydrogen) atoms. The van der Waals surface area contributed by atoms with E-state index in [1.807, 2.05) is 6.07 Å². The quantitative estimate of drug-likeness (QED) is 0.849. The number of hydrogen-bond donors (Lipinski definition) is 1. The van der Waals surface area contributed by atoms with E-state index < -0.39 is 10.2 Å². The molecule has 0 saturated carbocycles. The summed E-state index contributed by atoms with van der Waals surface area (Å²) in [6.07, 6.45) is 0. The third-order valence-corrected chi connectivity index (χ3v) is 4.69. The summed E-state index contributed by atoms with van der Waals surface area (Å²) in [5.41, 5.74) is 7.17. The maximum atomic E-state index is 11.8. The topological polar surface area (TPSA) is 66.6 Å². The van der Waals surface area contributed by atoms with Crippen LogP contribution in [0.3, 0.4) is 0 Å². The first-order valence-corrected chi connectivity index (χ1v) is 7.12. The minimum atomic E-state index is -3.40. The minimum Gasteiger partial charge on any atom is -0.398 e. The maximum Gasteiger partial charge on any atom is 0.281 e. The summed E-state index contributed by atoms with van der Waals surface area (Å²) in [5, 5.41) is 0. The Hall–Kier alpha value is -0.630. The fourth-order valence-corrected chi connectivity index (χ4v) is 2.55. The zero-order chi connectivity index (χ0) is 13.2. The van der Waals surface area contributed by atoms with Gasteiger partial charge in [0.05, 0.1) is 0 Å². The van der Waals surface area contributed by atoms with Crippen LogP contribution < -0.4 is 5.73 Å². The Bertz CT molecular complexity index is 502. The Morgan fingerprint density at radius 2 is 1.88 bits per heavy atom. The van der Waals surface area contributed by atoms with Crippen LogP contribution in [0.2, 0.25) is 0 Å². The van der Waals surface area contributed by atoms with Gasteiger partial charge in [-0.15, -0.1) is 0 Å². The highest BCUT2D eigenvalue weighted by Gasteiger charge is 2.20. The normalized spacial score (nSPS) is 12.4. The van der Waals surface area contributed by atoms with Crippen molar-refractivity contribution < 1.29 is 8.42 Å². The van der Waals surface area contributed by atoms with Crippen molar-refractivity contribution in [1.29, 1.82) is 0 Å². The molecule has 0 aliphatic rings. The molecule has 0 fully saturated rings. The van der Waals surface area contributed by atoms with Crippen LogP contribution >= 0.6 is 15.9 Å². The van der Waals surface area contributed by atoms with Crippen LogP contribution in [0, 0.1) is 0 Å². The first kappa shape index (κ1) is 14.4. The average molecular weight is 322 g/mol.